The molecule has 1 N–H and O–H groups in total. The van der Waals surface area contributed by atoms with Crippen molar-refractivity contribution in [2.75, 3.05) is 33.4 Å². The predicted octanol–water partition coefficient (Wildman–Crippen LogP) is 3.76. The molecule has 0 atom stereocenters. The van der Waals surface area contributed by atoms with E-state index in [2.05, 4.69) is 4.98 Å². The molecule has 1 aliphatic rings. The fourth-order valence-electron chi connectivity index (χ4n) is 4.33. The first-order valence-electron chi connectivity index (χ1n) is 13.2. The number of thiazole rings is 1. The van der Waals surface area contributed by atoms with Gasteiger partial charge in [-0.15, -0.1) is 11.3 Å². The summed E-state index contributed by atoms with van der Waals surface area (Å²) >= 11 is 1.14. The fourth-order valence-corrected chi connectivity index (χ4v) is 6.30. The van der Waals surface area contributed by atoms with Crippen molar-refractivity contribution in [2.24, 2.45) is 0 Å². The van der Waals surface area contributed by atoms with Gasteiger partial charge in [0.15, 0.2) is 0 Å². The zero-order chi connectivity index (χ0) is 29.6. The molecule has 1 saturated heterocycles. The predicted molar refractivity (Wildman–Crippen MR) is 153 cm³/mol. The van der Waals surface area contributed by atoms with E-state index in [0.717, 1.165) is 33.2 Å². The lowest BCUT2D eigenvalue weighted by Gasteiger charge is -2.32. The number of halogens is 1. The Balaban J connectivity index is 1.52. The third kappa shape index (κ3) is 7.60. The molecule has 1 aromatic heterocycles. The van der Waals surface area contributed by atoms with Crippen LogP contribution in [0.5, 0.6) is 11.5 Å². The summed E-state index contributed by atoms with van der Waals surface area (Å²) in [6, 6.07) is 13.3. The van der Waals surface area contributed by atoms with Gasteiger partial charge < -0.3 is 14.4 Å². The highest BCUT2D eigenvalue weighted by molar-refractivity contribution is 7.87. The molecule has 3 aromatic rings. The number of rotatable bonds is 13. The highest BCUT2D eigenvalue weighted by Crippen LogP contribution is 2.31. The van der Waals surface area contributed by atoms with Gasteiger partial charge in [0.25, 0.3) is 11.8 Å². The largest absolute Gasteiger partial charge is 0.496 e. The van der Waals surface area contributed by atoms with Crippen LogP contribution in [-0.4, -0.2) is 73.9 Å². The number of nitrogens with one attached hydrogen (secondary N) is 1. The minimum atomic E-state index is -4.15. The topological polar surface area (TPSA) is 118 Å². The summed E-state index contributed by atoms with van der Waals surface area (Å²) in [5, 5.41) is 1.89. The van der Waals surface area contributed by atoms with E-state index in [0.29, 0.717) is 41.6 Å². The van der Waals surface area contributed by atoms with Crippen molar-refractivity contribution in [1.82, 2.24) is 18.9 Å². The molecule has 0 unspecified atom stereocenters. The zero-order valence-electron chi connectivity index (χ0n) is 23.1. The number of hydrogen-bond donors (Lipinski definition) is 1. The first kappa shape index (κ1) is 30.4. The Morgan fingerprint density at radius 3 is 2.56 bits per heavy atom. The normalized spacial score (nSPS) is 13.9. The second-order valence-electron chi connectivity index (χ2n) is 9.53. The molecule has 4 rings (SSSR count). The molecule has 1 aliphatic heterocycles. The van der Waals surface area contributed by atoms with Crippen LogP contribution < -0.4 is 14.2 Å². The van der Waals surface area contributed by atoms with Gasteiger partial charge in [0.05, 0.1) is 20.3 Å². The minimum Gasteiger partial charge on any atom is -0.496 e. The molecular formula is C28H33FN4O6S2. The Labute approximate surface area is 243 Å². The summed E-state index contributed by atoms with van der Waals surface area (Å²) < 4.78 is 51.7. The molecular weight excluding hydrogens is 571 g/mol. The quantitative estimate of drug-likeness (QED) is 0.316. The van der Waals surface area contributed by atoms with E-state index in [1.165, 1.54) is 12.5 Å². The maximum absolute atomic E-state index is 13.8. The van der Waals surface area contributed by atoms with Gasteiger partial charge in [-0.2, -0.15) is 12.7 Å². The van der Waals surface area contributed by atoms with Crippen LogP contribution in [0, 0.1) is 6.92 Å². The molecule has 10 nitrogen and oxygen atoms in total. The molecule has 0 radical (unpaired) electrons. The van der Waals surface area contributed by atoms with Crippen LogP contribution in [0.25, 0.3) is 0 Å². The Morgan fingerprint density at radius 1 is 1.20 bits per heavy atom. The van der Waals surface area contributed by atoms with Crippen LogP contribution in [0.4, 0.5) is 4.39 Å². The highest BCUT2D eigenvalue weighted by atomic mass is 32.2. The van der Waals surface area contributed by atoms with Crippen LogP contribution in [0.15, 0.2) is 47.8 Å². The molecule has 0 aliphatic carbocycles. The van der Waals surface area contributed by atoms with Gasteiger partial charge in [-0.25, -0.2) is 14.1 Å². The van der Waals surface area contributed by atoms with Crippen LogP contribution >= 0.6 is 11.3 Å². The summed E-state index contributed by atoms with van der Waals surface area (Å²) in [4.78, 5) is 32.3. The van der Waals surface area contributed by atoms with Gasteiger partial charge in [0.2, 0.25) is 0 Å². The first-order valence-corrected chi connectivity index (χ1v) is 15.5. The molecule has 220 valence electrons. The van der Waals surface area contributed by atoms with Gasteiger partial charge in [-0.05, 0) is 44.4 Å². The molecule has 41 heavy (non-hydrogen) atoms. The Morgan fingerprint density at radius 2 is 1.90 bits per heavy atom. The second-order valence-corrected chi connectivity index (χ2v) is 12.1. The summed E-state index contributed by atoms with van der Waals surface area (Å²) in [6.07, 6.45) is 0.196. The van der Waals surface area contributed by atoms with E-state index < -0.39 is 22.3 Å². The third-order valence-electron chi connectivity index (χ3n) is 6.58. The lowest BCUT2D eigenvalue weighted by Crippen LogP contribution is -2.56. The fraction of sp³-hybridized carbons (Fsp3) is 0.393. The van der Waals surface area contributed by atoms with Gasteiger partial charge in [0, 0.05) is 36.1 Å². The zero-order valence-corrected chi connectivity index (χ0v) is 24.8. The molecule has 13 heteroatoms. The number of nitrogens with zero attached hydrogens (tertiary/aromatic N) is 3. The summed E-state index contributed by atoms with van der Waals surface area (Å²) in [7, 11) is -2.62. The van der Waals surface area contributed by atoms with E-state index in [-0.39, 0.29) is 31.2 Å². The Bertz CT molecular complexity index is 1480. The first-order chi connectivity index (χ1) is 19.6. The SMILES string of the molecule is CCOc1cc(C(=O)N(CCCc2ccccc2)Cc2nc(C(=O)NS(=O)(=O)N3CC(F)C3)cs2)cc(OC)c1C. The van der Waals surface area contributed by atoms with Gasteiger partial charge >= 0.3 is 10.2 Å². The number of alkyl halides is 1. The van der Waals surface area contributed by atoms with Crippen LogP contribution in [0.2, 0.25) is 0 Å². The minimum absolute atomic E-state index is 0.0989. The number of carbonyl (C=O) groups is 2. The average molecular weight is 605 g/mol. The van der Waals surface area contributed by atoms with E-state index in [9.17, 15) is 22.4 Å². The number of ether oxygens (including phenoxy) is 2. The standard InChI is InChI=1S/C28H33FN4O6S2/c1-4-39-25-14-21(13-24(38-3)19(25)2)28(35)32(12-8-11-20-9-6-5-7-10-20)17-26-30-23(18-40-26)27(34)31-41(36,37)33-15-22(29)16-33/h5-7,9-10,13-14,18,22H,4,8,11-12,15-17H2,1-3H3,(H,31,34). The van der Waals surface area contributed by atoms with Crippen molar-refractivity contribution >= 4 is 33.4 Å². The van der Waals surface area contributed by atoms with Crippen molar-refractivity contribution in [3.8, 4) is 11.5 Å². The van der Waals surface area contributed by atoms with E-state index >= 15 is 0 Å². The summed E-state index contributed by atoms with van der Waals surface area (Å²) in [6.45, 7) is 4.07. The monoisotopic (exact) mass is 604 g/mol. The Hall–Kier alpha value is -3.55. The number of methoxy groups -OCH3 is 1. The van der Waals surface area contributed by atoms with Gasteiger partial charge in [-0.3, -0.25) is 9.59 Å². The van der Waals surface area contributed by atoms with Crippen LogP contribution in [0.3, 0.4) is 0 Å². The van der Waals surface area contributed by atoms with Crippen molar-refractivity contribution in [1.29, 1.82) is 0 Å². The number of hydrogen-bond acceptors (Lipinski definition) is 8. The number of benzene rings is 2. The van der Waals surface area contributed by atoms with Crippen molar-refractivity contribution in [3.05, 3.63) is 75.2 Å². The van der Waals surface area contributed by atoms with Crippen LogP contribution in [0.1, 0.15) is 50.3 Å². The number of carbonyl (C=O) groups excluding carboxylic acids is 2. The Kier molecular flexibility index (Phi) is 9.94. The smallest absolute Gasteiger partial charge is 0.304 e. The number of aromatic nitrogens is 1. The third-order valence-corrected chi connectivity index (χ3v) is 8.83. The maximum atomic E-state index is 13.8. The molecule has 2 heterocycles. The van der Waals surface area contributed by atoms with Crippen molar-refractivity contribution < 1.29 is 31.9 Å². The second kappa shape index (κ2) is 13.4. The molecule has 0 spiro atoms. The van der Waals surface area contributed by atoms with Crippen molar-refractivity contribution in [3.63, 3.8) is 0 Å². The van der Waals surface area contributed by atoms with E-state index in [1.54, 1.807) is 17.0 Å². The van der Waals surface area contributed by atoms with Gasteiger partial charge in [-0.1, -0.05) is 30.3 Å². The van der Waals surface area contributed by atoms with E-state index in [4.69, 9.17) is 9.47 Å². The summed E-state index contributed by atoms with van der Waals surface area (Å²) in [5.74, 6) is -0.101. The summed E-state index contributed by atoms with van der Waals surface area (Å²) in [5.41, 5.74) is 2.22. The van der Waals surface area contributed by atoms with Gasteiger partial charge in [0.1, 0.15) is 28.4 Å². The van der Waals surface area contributed by atoms with E-state index in [1.807, 2.05) is 48.9 Å². The average Bonchev–Trinajstić information content (AvgIpc) is 3.41. The number of amides is 2. The highest BCUT2D eigenvalue weighted by Gasteiger charge is 2.37. The maximum Gasteiger partial charge on any atom is 0.304 e. The number of aryl methyl sites for hydroxylation is 1. The lowest BCUT2D eigenvalue weighted by atomic mass is 10.1. The lowest BCUT2D eigenvalue weighted by molar-refractivity contribution is 0.0740. The van der Waals surface area contributed by atoms with Crippen molar-refractivity contribution in [2.45, 2.75) is 39.4 Å². The molecule has 2 aromatic carbocycles. The molecule has 0 saturated carbocycles. The van der Waals surface area contributed by atoms with Crippen LogP contribution in [-0.2, 0) is 23.2 Å². The molecule has 2 amide bonds. The molecule has 1 fully saturated rings. The molecule has 0 bridgehead atoms.